The molecule has 154 valence electrons. The minimum atomic E-state index is 0. The van der Waals surface area contributed by atoms with E-state index in [2.05, 4.69) is 28.8 Å². The summed E-state index contributed by atoms with van der Waals surface area (Å²) >= 11 is 1.45. The van der Waals surface area contributed by atoms with Crippen molar-refractivity contribution in [3.63, 3.8) is 0 Å². The first-order chi connectivity index (χ1) is 11.5. The number of amides is 1. The molecule has 2 aromatic rings. The standard InChI is InChI=1S/C16H24N6OS.3ClH/c1-11-13(12(2)20(3)19-11)9-21-4-6-22(7-5-21)16(23)14-10-24-15(8-17)18-14;;;/h10H,4-9,17H2,1-3H3;3*1H. The van der Waals surface area contributed by atoms with Crippen LogP contribution in [0.1, 0.15) is 32.4 Å². The Kier molecular flexibility index (Phi) is 10.8. The second-order valence-electron chi connectivity index (χ2n) is 6.17. The molecule has 1 amide bonds. The van der Waals surface area contributed by atoms with Crippen LogP contribution >= 0.6 is 48.6 Å². The number of nitrogens with two attached hydrogens (primary N) is 1. The Labute approximate surface area is 182 Å². The highest BCUT2D eigenvalue weighted by Gasteiger charge is 2.24. The highest BCUT2D eigenvalue weighted by Crippen LogP contribution is 2.17. The number of aromatic nitrogens is 3. The fourth-order valence-corrected chi connectivity index (χ4v) is 3.69. The minimum absolute atomic E-state index is 0. The van der Waals surface area contributed by atoms with Crippen LogP contribution < -0.4 is 5.73 Å². The number of carbonyl (C=O) groups is 1. The Balaban J connectivity index is 0.00000225. The van der Waals surface area contributed by atoms with Crippen LogP contribution in [0.4, 0.5) is 0 Å². The average molecular weight is 458 g/mol. The van der Waals surface area contributed by atoms with Gasteiger partial charge >= 0.3 is 0 Å². The first-order valence-electron chi connectivity index (χ1n) is 8.14. The molecule has 0 saturated carbocycles. The number of carbonyl (C=O) groups excluding carboxylic acids is 1. The maximum atomic E-state index is 12.5. The number of rotatable bonds is 4. The van der Waals surface area contributed by atoms with Gasteiger partial charge in [-0.1, -0.05) is 0 Å². The van der Waals surface area contributed by atoms with E-state index >= 15 is 0 Å². The Morgan fingerprint density at radius 3 is 2.30 bits per heavy atom. The molecule has 1 aliphatic heterocycles. The van der Waals surface area contributed by atoms with Gasteiger partial charge in [0.2, 0.25) is 0 Å². The lowest BCUT2D eigenvalue weighted by Crippen LogP contribution is -2.48. The predicted octanol–water partition coefficient (Wildman–Crippen LogP) is 2.18. The van der Waals surface area contributed by atoms with Crippen molar-refractivity contribution in [3.05, 3.63) is 33.0 Å². The van der Waals surface area contributed by atoms with Crippen LogP contribution in [-0.2, 0) is 20.1 Å². The molecule has 0 spiro atoms. The van der Waals surface area contributed by atoms with Crippen molar-refractivity contribution in [2.24, 2.45) is 12.8 Å². The Hall–Kier alpha value is -0.900. The highest BCUT2D eigenvalue weighted by molar-refractivity contribution is 7.09. The number of hydrogen-bond acceptors (Lipinski definition) is 6. The molecule has 0 bridgehead atoms. The van der Waals surface area contributed by atoms with E-state index < -0.39 is 0 Å². The van der Waals surface area contributed by atoms with E-state index in [9.17, 15) is 4.79 Å². The summed E-state index contributed by atoms with van der Waals surface area (Å²) in [5.74, 6) is 0.0133. The Morgan fingerprint density at radius 2 is 1.81 bits per heavy atom. The van der Waals surface area contributed by atoms with E-state index in [1.165, 1.54) is 22.6 Å². The molecule has 0 radical (unpaired) electrons. The molecule has 7 nitrogen and oxygen atoms in total. The largest absolute Gasteiger partial charge is 0.335 e. The zero-order valence-corrected chi connectivity index (χ0v) is 18.9. The Morgan fingerprint density at radius 1 is 1.19 bits per heavy atom. The minimum Gasteiger partial charge on any atom is -0.335 e. The highest BCUT2D eigenvalue weighted by atomic mass is 35.5. The third kappa shape index (κ3) is 5.79. The normalized spacial score (nSPS) is 14.1. The summed E-state index contributed by atoms with van der Waals surface area (Å²) in [6, 6.07) is 0. The van der Waals surface area contributed by atoms with Crippen molar-refractivity contribution >= 4 is 54.5 Å². The molecule has 1 fully saturated rings. The summed E-state index contributed by atoms with van der Waals surface area (Å²) < 4.78 is 1.93. The number of piperazine rings is 1. The molecule has 0 aliphatic carbocycles. The van der Waals surface area contributed by atoms with Crippen LogP contribution in [0.2, 0.25) is 0 Å². The summed E-state index contributed by atoms with van der Waals surface area (Å²) in [6.45, 7) is 8.63. The van der Waals surface area contributed by atoms with Gasteiger partial charge in [0.05, 0.1) is 5.69 Å². The van der Waals surface area contributed by atoms with E-state index in [1.807, 2.05) is 16.6 Å². The van der Waals surface area contributed by atoms with Gasteiger partial charge in [-0.2, -0.15) is 5.10 Å². The van der Waals surface area contributed by atoms with Crippen molar-refractivity contribution in [1.82, 2.24) is 24.6 Å². The van der Waals surface area contributed by atoms with Crippen molar-refractivity contribution in [3.8, 4) is 0 Å². The number of halogens is 3. The van der Waals surface area contributed by atoms with Gasteiger partial charge in [0.25, 0.3) is 5.91 Å². The first kappa shape index (κ1) is 26.1. The van der Waals surface area contributed by atoms with E-state index in [0.717, 1.165) is 43.4 Å². The maximum Gasteiger partial charge on any atom is 0.273 e. The quantitative estimate of drug-likeness (QED) is 0.761. The van der Waals surface area contributed by atoms with Crippen molar-refractivity contribution in [1.29, 1.82) is 0 Å². The molecular formula is C16H27Cl3N6OS. The van der Waals surface area contributed by atoms with Gasteiger partial charge in [-0.3, -0.25) is 14.4 Å². The van der Waals surface area contributed by atoms with Crippen LogP contribution in [-0.4, -0.2) is 56.7 Å². The van der Waals surface area contributed by atoms with Crippen LogP contribution in [0, 0.1) is 13.8 Å². The van der Waals surface area contributed by atoms with E-state index in [-0.39, 0.29) is 43.1 Å². The zero-order valence-electron chi connectivity index (χ0n) is 15.7. The van der Waals surface area contributed by atoms with Gasteiger partial charge in [-0.05, 0) is 13.8 Å². The molecular weight excluding hydrogens is 431 g/mol. The van der Waals surface area contributed by atoms with Crippen LogP contribution in [0.15, 0.2) is 5.38 Å². The molecule has 0 atom stereocenters. The molecule has 1 aliphatic rings. The van der Waals surface area contributed by atoms with Gasteiger partial charge in [-0.25, -0.2) is 4.98 Å². The predicted molar refractivity (Wildman–Crippen MR) is 116 cm³/mol. The maximum absolute atomic E-state index is 12.5. The lowest BCUT2D eigenvalue weighted by Gasteiger charge is -2.34. The first-order valence-corrected chi connectivity index (χ1v) is 9.02. The van der Waals surface area contributed by atoms with Gasteiger partial charge in [0.15, 0.2) is 0 Å². The molecule has 2 aromatic heterocycles. The van der Waals surface area contributed by atoms with E-state index in [1.54, 1.807) is 5.38 Å². The average Bonchev–Trinajstić information content (AvgIpc) is 3.15. The van der Waals surface area contributed by atoms with Crippen LogP contribution in [0.5, 0.6) is 0 Å². The van der Waals surface area contributed by atoms with Crippen molar-refractivity contribution < 1.29 is 4.79 Å². The summed E-state index contributed by atoms with van der Waals surface area (Å²) in [7, 11) is 1.98. The molecule has 11 heteroatoms. The van der Waals surface area contributed by atoms with Gasteiger partial charge < -0.3 is 10.6 Å². The number of hydrogen-bond donors (Lipinski definition) is 1. The molecule has 2 N–H and O–H groups in total. The fourth-order valence-electron chi connectivity index (χ4n) is 3.04. The monoisotopic (exact) mass is 456 g/mol. The molecule has 0 aromatic carbocycles. The van der Waals surface area contributed by atoms with E-state index in [4.69, 9.17) is 5.73 Å². The Bertz CT molecular complexity index is 743. The van der Waals surface area contributed by atoms with Crippen molar-refractivity contribution in [2.75, 3.05) is 26.2 Å². The summed E-state index contributed by atoms with van der Waals surface area (Å²) in [5, 5.41) is 7.09. The fraction of sp³-hybridized carbons (Fsp3) is 0.562. The van der Waals surface area contributed by atoms with Gasteiger partial charge in [0.1, 0.15) is 10.7 Å². The molecule has 1 saturated heterocycles. The molecule has 27 heavy (non-hydrogen) atoms. The second kappa shape index (κ2) is 11.2. The smallest absolute Gasteiger partial charge is 0.273 e. The van der Waals surface area contributed by atoms with Gasteiger partial charge in [0, 0.05) is 63.0 Å². The number of thiazole rings is 1. The van der Waals surface area contributed by atoms with Crippen LogP contribution in [0.3, 0.4) is 0 Å². The third-order valence-electron chi connectivity index (χ3n) is 4.65. The lowest BCUT2D eigenvalue weighted by atomic mass is 10.1. The van der Waals surface area contributed by atoms with Crippen LogP contribution in [0.25, 0.3) is 0 Å². The number of nitrogens with zero attached hydrogens (tertiary/aromatic N) is 5. The molecule has 3 rings (SSSR count). The lowest BCUT2D eigenvalue weighted by molar-refractivity contribution is 0.0623. The molecule has 0 unspecified atom stereocenters. The second-order valence-corrected chi connectivity index (χ2v) is 7.11. The topological polar surface area (TPSA) is 80.3 Å². The summed E-state index contributed by atoms with van der Waals surface area (Å²) in [6.07, 6.45) is 0. The summed E-state index contributed by atoms with van der Waals surface area (Å²) in [5.41, 5.74) is 9.68. The third-order valence-corrected chi connectivity index (χ3v) is 5.52. The van der Waals surface area contributed by atoms with Crippen molar-refractivity contribution in [2.45, 2.75) is 26.9 Å². The van der Waals surface area contributed by atoms with E-state index in [0.29, 0.717) is 12.2 Å². The van der Waals surface area contributed by atoms with Gasteiger partial charge in [-0.15, -0.1) is 48.6 Å². The summed E-state index contributed by atoms with van der Waals surface area (Å²) in [4.78, 5) is 21.1. The molecule has 3 heterocycles. The SMILES string of the molecule is Cc1nn(C)c(C)c1CN1CCN(C(=O)c2csc(CN)n2)CC1.Cl.Cl.Cl. The zero-order chi connectivity index (χ0) is 17.3. The number of aryl methyl sites for hydroxylation is 2.